The van der Waals surface area contributed by atoms with Crippen molar-refractivity contribution in [3.63, 3.8) is 0 Å². The third-order valence-electron chi connectivity index (χ3n) is 18.5. The van der Waals surface area contributed by atoms with Crippen molar-refractivity contribution < 1.29 is 0 Å². The summed E-state index contributed by atoms with van der Waals surface area (Å²) in [4.78, 5) is 0. The Labute approximate surface area is 257 Å². The standard InChI is InChI=1S/C45H18/c1-19-2-21-4-27-11-31-15-35-16-32-12-28-5-22-3-20(1)38-24-6-23-7-25-9-29-13-33-17-36-18-34-14-30-10-26(8-24)40(22,38)42(28,30)44(32,34)45(35,36)43(31,33)41(27,29)39(21,25)37(19,23)38/h1-18H. The zero-order chi connectivity index (χ0) is 27.6. The van der Waals surface area contributed by atoms with E-state index >= 15 is 0 Å². The van der Waals surface area contributed by atoms with E-state index in [-0.39, 0.29) is 48.7 Å². The van der Waals surface area contributed by atoms with Gasteiger partial charge in [-0.1, -0.05) is 109 Å². The van der Waals surface area contributed by atoms with Crippen LogP contribution in [0.5, 0.6) is 0 Å². The van der Waals surface area contributed by atoms with Gasteiger partial charge in [-0.25, -0.2) is 0 Å². The highest BCUT2D eigenvalue weighted by atomic mass is 15.0. The van der Waals surface area contributed by atoms with Crippen molar-refractivity contribution in [2.45, 2.75) is 0 Å². The van der Waals surface area contributed by atoms with E-state index in [0.29, 0.717) is 0 Å². The van der Waals surface area contributed by atoms with E-state index in [0.717, 1.165) is 0 Å². The molecule has 19 rings (SSSR count). The Morgan fingerprint density at radius 1 is 0.133 bits per heavy atom. The van der Waals surface area contributed by atoms with Crippen molar-refractivity contribution >= 4 is 0 Å². The summed E-state index contributed by atoms with van der Waals surface area (Å²) in [5.74, 6) is 0. The molecule has 0 N–H and O–H groups in total. The van der Waals surface area contributed by atoms with Crippen LogP contribution in [0, 0.1) is 48.7 Å². The van der Waals surface area contributed by atoms with Crippen LogP contribution in [0.25, 0.3) is 0 Å². The van der Waals surface area contributed by atoms with Crippen molar-refractivity contribution in [2.24, 2.45) is 48.7 Å². The second-order valence-corrected chi connectivity index (χ2v) is 17.5. The zero-order valence-corrected chi connectivity index (χ0v) is 23.9. The molecule has 19 aliphatic rings. The first-order chi connectivity index (χ1) is 22.1. The first-order valence-electron chi connectivity index (χ1n) is 17.1. The topological polar surface area (TPSA) is 0 Å². The summed E-state index contributed by atoms with van der Waals surface area (Å²) in [5.41, 5.74) is 28.1. The fraction of sp³-hybridized carbons (Fsp3) is 0.200. The van der Waals surface area contributed by atoms with Crippen LogP contribution in [0.15, 0.2) is 210 Å². The molecule has 0 bridgehead atoms. The van der Waals surface area contributed by atoms with Gasteiger partial charge >= 0.3 is 0 Å². The van der Waals surface area contributed by atoms with Crippen molar-refractivity contribution in [3.05, 3.63) is 210 Å². The fourth-order valence-electron chi connectivity index (χ4n) is 19.5. The summed E-state index contributed by atoms with van der Waals surface area (Å²) < 4.78 is 0. The van der Waals surface area contributed by atoms with Crippen LogP contribution < -0.4 is 0 Å². The lowest BCUT2D eigenvalue weighted by Crippen LogP contribution is -2.62. The Kier molecular flexibility index (Phi) is 1.60. The third-order valence-corrected chi connectivity index (χ3v) is 18.5. The van der Waals surface area contributed by atoms with Gasteiger partial charge in [-0.2, -0.15) is 0 Å². The van der Waals surface area contributed by atoms with Gasteiger partial charge in [-0.05, 0) is 100 Å². The highest BCUT2D eigenvalue weighted by Gasteiger charge is 3.04. The van der Waals surface area contributed by atoms with Gasteiger partial charge in [0.05, 0.1) is 48.7 Å². The first-order valence-corrected chi connectivity index (χ1v) is 17.1. The molecule has 9 spiro atoms. The molecule has 0 aromatic heterocycles. The molecule has 0 radical (unpaired) electrons. The van der Waals surface area contributed by atoms with Gasteiger partial charge in [0, 0.05) is 0 Å². The summed E-state index contributed by atoms with van der Waals surface area (Å²) >= 11 is 0. The molecule has 0 saturated heterocycles. The Morgan fingerprint density at radius 2 is 0.200 bits per heavy atom. The van der Waals surface area contributed by atoms with Gasteiger partial charge < -0.3 is 0 Å². The number of rotatable bonds is 0. The predicted molar refractivity (Wildman–Crippen MR) is 167 cm³/mol. The minimum Gasteiger partial charge on any atom is -0.0538 e. The molecule has 45 heavy (non-hydrogen) atoms. The van der Waals surface area contributed by atoms with E-state index in [2.05, 4.69) is 109 Å². The molecule has 198 valence electrons. The maximum Gasteiger partial charge on any atom is 0.0502 e. The van der Waals surface area contributed by atoms with E-state index in [4.69, 9.17) is 0 Å². The van der Waals surface area contributed by atoms with Crippen molar-refractivity contribution in [3.8, 4) is 0 Å². The maximum atomic E-state index is 2.73. The van der Waals surface area contributed by atoms with Crippen LogP contribution in [0.1, 0.15) is 0 Å². The number of allylic oxidation sites excluding steroid dienone is 36. The number of hydrogen-bond donors (Lipinski definition) is 0. The molecule has 1 fully saturated rings. The summed E-state index contributed by atoms with van der Waals surface area (Å²) in [5, 5.41) is 0. The highest BCUT2D eigenvalue weighted by molar-refractivity contribution is 6.02. The van der Waals surface area contributed by atoms with E-state index in [1.165, 1.54) is 0 Å². The van der Waals surface area contributed by atoms with Gasteiger partial charge in [-0.3, -0.25) is 0 Å². The molecule has 0 aromatic carbocycles. The quantitative estimate of drug-likeness (QED) is 0.285. The van der Waals surface area contributed by atoms with Crippen LogP contribution in [-0.2, 0) is 0 Å². The maximum absolute atomic E-state index is 2.73. The summed E-state index contributed by atoms with van der Waals surface area (Å²) in [6.07, 6.45) is 49.1. The second kappa shape index (κ2) is 3.92. The van der Waals surface area contributed by atoms with Gasteiger partial charge in [0.1, 0.15) is 0 Å². The van der Waals surface area contributed by atoms with Gasteiger partial charge in [0.15, 0.2) is 0 Å². The zero-order valence-electron chi connectivity index (χ0n) is 23.9. The molecule has 0 unspecified atom stereocenters. The Morgan fingerprint density at radius 3 is 0.267 bits per heavy atom. The Hall–Kier alpha value is -4.68. The van der Waals surface area contributed by atoms with Crippen LogP contribution >= 0.6 is 0 Å². The monoisotopic (exact) mass is 558 g/mol. The van der Waals surface area contributed by atoms with E-state index in [1.807, 2.05) is 0 Å². The van der Waals surface area contributed by atoms with Crippen molar-refractivity contribution in [1.82, 2.24) is 0 Å². The Bertz CT molecular complexity index is 2020. The molecule has 1 saturated carbocycles. The van der Waals surface area contributed by atoms with E-state index in [9.17, 15) is 0 Å². The second-order valence-electron chi connectivity index (χ2n) is 17.5. The number of hydrogen-bond acceptors (Lipinski definition) is 0. The molecule has 19 aliphatic carbocycles. The molecular formula is C45H18. The molecule has 0 atom stereocenters. The molecule has 0 nitrogen and oxygen atoms in total. The van der Waals surface area contributed by atoms with Crippen molar-refractivity contribution in [1.29, 1.82) is 0 Å². The Balaban J connectivity index is 1.23. The SMILES string of the molecule is C1=C2C=C3C=C4C=C5C=C6C=C7C=C8C=C9C=C1C1%10C%11=CC%12=CC%13=CC%14=CC%15=CC%16=CC%17=CC%18=CC(=C%11)C21C3%18C4%17C5%16C6%15C7%14C8%13C9%12%10. The van der Waals surface area contributed by atoms with Crippen LogP contribution in [0.3, 0.4) is 0 Å². The molecule has 0 heteroatoms. The molecule has 0 aromatic rings. The molecular weight excluding hydrogens is 540 g/mol. The molecule has 0 amide bonds. The van der Waals surface area contributed by atoms with Gasteiger partial charge in [-0.15, -0.1) is 0 Å². The fourth-order valence-corrected chi connectivity index (χ4v) is 19.5. The summed E-state index contributed by atoms with van der Waals surface area (Å²) in [6, 6.07) is 0. The first kappa shape index (κ1) is 18.3. The largest absolute Gasteiger partial charge is 0.0538 e. The third kappa shape index (κ3) is 0.834. The molecule has 0 aliphatic heterocycles. The lowest BCUT2D eigenvalue weighted by atomic mass is 9.36. The minimum atomic E-state index is -0.115. The van der Waals surface area contributed by atoms with Crippen LogP contribution in [0.4, 0.5) is 0 Å². The van der Waals surface area contributed by atoms with Crippen molar-refractivity contribution in [2.75, 3.05) is 0 Å². The van der Waals surface area contributed by atoms with Gasteiger partial charge in [0.2, 0.25) is 0 Å². The smallest absolute Gasteiger partial charge is 0.0502 e. The minimum absolute atomic E-state index is 0.115. The predicted octanol–water partition coefficient (Wildman–Crippen LogP) is 7.80. The lowest BCUT2D eigenvalue weighted by Gasteiger charge is -2.62. The van der Waals surface area contributed by atoms with E-state index < -0.39 is 0 Å². The van der Waals surface area contributed by atoms with Gasteiger partial charge in [0.25, 0.3) is 0 Å². The molecule has 0 heterocycles. The van der Waals surface area contributed by atoms with Crippen LogP contribution in [-0.4, -0.2) is 0 Å². The van der Waals surface area contributed by atoms with Crippen LogP contribution in [0.2, 0.25) is 0 Å². The lowest BCUT2D eigenvalue weighted by molar-refractivity contribution is -0.0187. The summed E-state index contributed by atoms with van der Waals surface area (Å²) in [6.45, 7) is 0. The summed E-state index contributed by atoms with van der Waals surface area (Å²) in [7, 11) is 0. The highest BCUT2D eigenvalue weighted by Crippen LogP contribution is 3.09. The average Bonchev–Trinajstić information content (AvgIpc) is 3.78. The average molecular weight is 559 g/mol. The normalized spacial score (nSPS) is 59.2. The van der Waals surface area contributed by atoms with E-state index in [1.54, 1.807) is 100 Å².